The predicted molar refractivity (Wildman–Crippen MR) is 92.7 cm³/mol. The molecule has 0 aliphatic carbocycles. The second-order valence-electron chi connectivity index (χ2n) is 4.86. The Labute approximate surface area is 138 Å². The minimum Gasteiger partial charge on any atom is -0.348 e. The molecular formula is C18H15N3OS. The zero-order valence-electron chi connectivity index (χ0n) is 12.3. The van der Waals surface area contributed by atoms with Gasteiger partial charge in [0.1, 0.15) is 0 Å². The second-order valence-corrected chi connectivity index (χ2v) is 5.84. The molecule has 114 valence electrons. The molecule has 0 bridgehead atoms. The number of nitrogens with zero attached hydrogens (tertiary/aromatic N) is 2. The van der Waals surface area contributed by atoms with Gasteiger partial charge in [-0.15, -0.1) is 11.3 Å². The highest BCUT2D eigenvalue weighted by Crippen LogP contribution is 2.16. The number of nitrogens with one attached hydrogen (secondary N) is 1. The summed E-state index contributed by atoms with van der Waals surface area (Å²) in [5.74, 6) is -0.113. The zero-order valence-corrected chi connectivity index (χ0v) is 13.2. The Morgan fingerprint density at radius 1 is 1.22 bits per heavy atom. The van der Waals surface area contributed by atoms with E-state index < -0.39 is 0 Å². The lowest BCUT2D eigenvalue weighted by molar-refractivity contribution is -0.116. The van der Waals surface area contributed by atoms with Crippen molar-refractivity contribution in [2.24, 2.45) is 0 Å². The SMILES string of the molecule is O=C(C=Cc1cccs1)NCc1ccnc(-c2cccnc2)c1. The monoisotopic (exact) mass is 321 g/mol. The number of hydrogen-bond donors (Lipinski definition) is 1. The minimum absolute atomic E-state index is 0.113. The fraction of sp³-hybridized carbons (Fsp3) is 0.0556. The van der Waals surface area contributed by atoms with Gasteiger partial charge in [-0.05, 0) is 47.4 Å². The van der Waals surface area contributed by atoms with Crippen LogP contribution >= 0.6 is 11.3 Å². The molecule has 0 radical (unpaired) electrons. The van der Waals surface area contributed by atoms with Crippen LogP contribution in [0.5, 0.6) is 0 Å². The Bertz CT molecular complexity index is 798. The molecule has 0 aliphatic rings. The Hall–Kier alpha value is -2.79. The number of rotatable bonds is 5. The van der Waals surface area contributed by atoms with E-state index in [1.54, 1.807) is 36.0 Å². The lowest BCUT2D eigenvalue weighted by atomic mass is 10.1. The fourth-order valence-corrected chi connectivity index (χ4v) is 2.67. The van der Waals surface area contributed by atoms with Crippen LogP contribution in [0.3, 0.4) is 0 Å². The maximum Gasteiger partial charge on any atom is 0.244 e. The van der Waals surface area contributed by atoms with E-state index in [0.29, 0.717) is 6.54 Å². The molecule has 0 aromatic carbocycles. The summed E-state index contributed by atoms with van der Waals surface area (Å²) in [6, 6.07) is 11.6. The van der Waals surface area contributed by atoms with Crippen molar-refractivity contribution in [3.8, 4) is 11.3 Å². The van der Waals surface area contributed by atoms with Crippen LogP contribution < -0.4 is 5.32 Å². The summed E-state index contributed by atoms with van der Waals surface area (Å²) in [5.41, 5.74) is 2.80. The quantitative estimate of drug-likeness (QED) is 0.731. The van der Waals surface area contributed by atoms with Crippen molar-refractivity contribution < 1.29 is 4.79 Å². The molecule has 0 spiro atoms. The van der Waals surface area contributed by atoms with Gasteiger partial charge in [-0.25, -0.2) is 0 Å². The van der Waals surface area contributed by atoms with E-state index in [9.17, 15) is 4.79 Å². The topological polar surface area (TPSA) is 54.9 Å². The lowest BCUT2D eigenvalue weighted by Crippen LogP contribution is -2.20. The Morgan fingerprint density at radius 3 is 2.96 bits per heavy atom. The molecule has 0 saturated heterocycles. The highest BCUT2D eigenvalue weighted by Gasteiger charge is 2.02. The van der Waals surface area contributed by atoms with E-state index in [-0.39, 0.29) is 5.91 Å². The first-order valence-electron chi connectivity index (χ1n) is 7.16. The number of pyridine rings is 2. The van der Waals surface area contributed by atoms with Crippen LogP contribution in [0.15, 0.2) is 66.4 Å². The van der Waals surface area contributed by atoms with Gasteiger partial charge >= 0.3 is 0 Å². The summed E-state index contributed by atoms with van der Waals surface area (Å²) < 4.78 is 0. The van der Waals surface area contributed by atoms with E-state index in [2.05, 4.69) is 15.3 Å². The van der Waals surface area contributed by atoms with Gasteiger partial charge in [-0.3, -0.25) is 14.8 Å². The molecule has 0 aliphatic heterocycles. The van der Waals surface area contributed by atoms with Gasteiger partial charge in [-0.1, -0.05) is 6.07 Å². The van der Waals surface area contributed by atoms with Gasteiger partial charge in [0.05, 0.1) is 5.69 Å². The first kappa shape index (κ1) is 15.1. The average molecular weight is 321 g/mol. The molecule has 3 heterocycles. The smallest absolute Gasteiger partial charge is 0.244 e. The van der Waals surface area contributed by atoms with Gasteiger partial charge in [0, 0.05) is 41.7 Å². The summed E-state index contributed by atoms with van der Waals surface area (Å²) in [4.78, 5) is 21.3. The molecule has 3 aromatic heterocycles. The molecular weight excluding hydrogens is 306 g/mol. The van der Waals surface area contributed by atoms with Crippen LogP contribution in [-0.4, -0.2) is 15.9 Å². The minimum atomic E-state index is -0.113. The van der Waals surface area contributed by atoms with Crippen LogP contribution in [-0.2, 0) is 11.3 Å². The lowest BCUT2D eigenvalue weighted by Gasteiger charge is -2.05. The highest BCUT2D eigenvalue weighted by molar-refractivity contribution is 7.10. The maximum atomic E-state index is 11.8. The average Bonchev–Trinajstić information content (AvgIpc) is 3.13. The van der Waals surface area contributed by atoms with Gasteiger partial charge in [-0.2, -0.15) is 0 Å². The summed E-state index contributed by atoms with van der Waals surface area (Å²) in [5, 5.41) is 4.86. The fourth-order valence-electron chi connectivity index (χ4n) is 2.05. The number of hydrogen-bond acceptors (Lipinski definition) is 4. The van der Waals surface area contributed by atoms with Crippen molar-refractivity contribution in [1.82, 2.24) is 15.3 Å². The molecule has 3 aromatic rings. The Morgan fingerprint density at radius 2 is 2.17 bits per heavy atom. The molecule has 23 heavy (non-hydrogen) atoms. The molecule has 0 unspecified atom stereocenters. The molecule has 3 rings (SSSR count). The van der Waals surface area contributed by atoms with E-state index in [1.807, 2.05) is 47.9 Å². The molecule has 0 atom stereocenters. The van der Waals surface area contributed by atoms with Crippen molar-refractivity contribution in [2.75, 3.05) is 0 Å². The van der Waals surface area contributed by atoms with E-state index in [1.165, 1.54) is 0 Å². The molecule has 0 fully saturated rings. The van der Waals surface area contributed by atoms with Crippen LogP contribution in [0.4, 0.5) is 0 Å². The van der Waals surface area contributed by atoms with Crippen LogP contribution in [0.25, 0.3) is 17.3 Å². The van der Waals surface area contributed by atoms with Gasteiger partial charge < -0.3 is 5.32 Å². The summed E-state index contributed by atoms with van der Waals surface area (Å²) in [6.45, 7) is 0.462. The van der Waals surface area contributed by atoms with Crippen LogP contribution in [0.1, 0.15) is 10.4 Å². The molecule has 5 heteroatoms. The third kappa shape index (κ3) is 4.34. The van der Waals surface area contributed by atoms with Gasteiger partial charge in [0.2, 0.25) is 5.91 Å². The maximum absolute atomic E-state index is 11.8. The summed E-state index contributed by atoms with van der Waals surface area (Å²) in [7, 11) is 0. The number of aromatic nitrogens is 2. The first-order valence-corrected chi connectivity index (χ1v) is 8.04. The van der Waals surface area contributed by atoms with E-state index >= 15 is 0 Å². The number of amides is 1. The van der Waals surface area contributed by atoms with Crippen molar-refractivity contribution in [2.45, 2.75) is 6.54 Å². The van der Waals surface area contributed by atoms with Crippen LogP contribution in [0, 0.1) is 0 Å². The van der Waals surface area contributed by atoms with Gasteiger partial charge in [0.15, 0.2) is 0 Å². The van der Waals surface area contributed by atoms with Crippen molar-refractivity contribution in [3.63, 3.8) is 0 Å². The van der Waals surface area contributed by atoms with E-state index in [0.717, 1.165) is 21.7 Å². The summed E-state index contributed by atoms with van der Waals surface area (Å²) in [6.07, 6.45) is 8.61. The molecule has 0 saturated carbocycles. The number of thiophene rings is 1. The molecule has 1 amide bonds. The summed E-state index contributed by atoms with van der Waals surface area (Å²) >= 11 is 1.60. The van der Waals surface area contributed by atoms with Crippen molar-refractivity contribution in [1.29, 1.82) is 0 Å². The zero-order chi connectivity index (χ0) is 15.9. The van der Waals surface area contributed by atoms with Crippen molar-refractivity contribution in [3.05, 3.63) is 76.9 Å². The third-order valence-electron chi connectivity index (χ3n) is 3.19. The normalized spacial score (nSPS) is 10.8. The Balaban J connectivity index is 1.61. The molecule has 1 N–H and O–H groups in total. The van der Waals surface area contributed by atoms with Crippen LogP contribution in [0.2, 0.25) is 0 Å². The second kappa shape index (κ2) is 7.47. The number of carbonyl (C=O) groups is 1. The van der Waals surface area contributed by atoms with Gasteiger partial charge in [0.25, 0.3) is 0 Å². The van der Waals surface area contributed by atoms with Crippen molar-refractivity contribution >= 4 is 23.3 Å². The standard InChI is InChI=1S/C18H15N3OS/c22-18(6-5-16-4-2-10-23-16)21-12-14-7-9-20-17(11-14)15-3-1-8-19-13-15/h1-11,13H,12H2,(H,21,22). The van der Waals surface area contributed by atoms with E-state index in [4.69, 9.17) is 0 Å². The predicted octanol–water partition coefficient (Wildman–Crippen LogP) is 3.53. The molecule has 4 nitrogen and oxygen atoms in total. The number of carbonyl (C=O) groups excluding carboxylic acids is 1. The Kier molecular flexibility index (Phi) is 4.91. The largest absolute Gasteiger partial charge is 0.348 e. The first-order chi connectivity index (χ1) is 11.3. The highest BCUT2D eigenvalue weighted by atomic mass is 32.1. The third-order valence-corrected chi connectivity index (χ3v) is 4.03.